The van der Waals surface area contributed by atoms with Gasteiger partial charge in [0.25, 0.3) is 5.91 Å². The lowest BCUT2D eigenvalue weighted by atomic mass is 9.90. The third-order valence-corrected chi connectivity index (χ3v) is 6.13. The molecule has 0 radical (unpaired) electrons. The van der Waals surface area contributed by atoms with Crippen LogP contribution in [0.5, 0.6) is 0 Å². The quantitative estimate of drug-likeness (QED) is 0.443. The van der Waals surface area contributed by atoms with Gasteiger partial charge < -0.3 is 10.2 Å². The normalized spacial score (nSPS) is 19.8. The molecule has 1 aliphatic rings. The van der Waals surface area contributed by atoms with Crippen LogP contribution in [0.15, 0.2) is 59.1 Å². The monoisotopic (exact) mass is 494 g/mol. The highest BCUT2D eigenvalue weighted by atomic mass is 35.5. The van der Waals surface area contributed by atoms with Crippen molar-refractivity contribution < 1.29 is 18.0 Å². The number of benzene rings is 1. The number of hydrogen-bond acceptors (Lipinski definition) is 5. The Morgan fingerprint density at radius 2 is 2.03 bits per heavy atom. The number of piperidine rings is 1. The molecule has 1 aromatic heterocycles. The van der Waals surface area contributed by atoms with Crippen LogP contribution in [0, 0.1) is 5.92 Å². The fourth-order valence-corrected chi connectivity index (χ4v) is 4.11. The Morgan fingerprint density at radius 1 is 1.32 bits per heavy atom. The van der Waals surface area contributed by atoms with E-state index in [1.807, 2.05) is 6.92 Å². The molecule has 0 saturated carbocycles. The van der Waals surface area contributed by atoms with Gasteiger partial charge in [-0.3, -0.25) is 4.79 Å². The van der Waals surface area contributed by atoms with Crippen LogP contribution in [0.4, 0.5) is 13.2 Å². The smallest absolute Gasteiger partial charge is 0.368 e. The lowest BCUT2D eigenvalue weighted by molar-refractivity contribution is -0.0913. The summed E-state index contributed by atoms with van der Waals surface area (Å²) in [4.78, 5) is 20.6. The number of hydrogen-bond donors (Lipinski definition) is 1. The van der Waals surface area contributed by atoms with Crippen molar-refractivity contribution in [3.63, 3.8) is 0 Å². The second-order valence-corrected chi connectivity index (χ2v) is 8.48. The molecule has 1 unspecified atom stereocenters. The Morgan fingerprint density at radius 3 is 2.68 bits per heavy atom. The number of halogens is 4. The summed E-state index contributed by atoms with van der Waals surface area (Å²) in [5.74, 6) is 0.0617. The third kappa shape index (κ3) is 5.85. The Kier molecular flexibility index (Phi) is 8.14. The molecule has 0 aliphatic carbocycles. The average molecular weight is 495 g/mol. The molecule has 2 heterocycles. The molecule has 1 N–H and O–H groups in total. The molecule has 0 spiro atoms. The van der Waals surface area contributed by atoms with Crippen molar-refractivity contribution in [3.8, 4) is 5.69 Å². The number of carbonyl (C=O) groups is 1. The first-order chi connectivity index (χ1) is 16.1. The number of amides is 1. The van der Waals surface area contributed by atoms with Crippen molar-refractivity contribution in [2.24, 2.45) is 10.9 Å². The van der Waals surface area contributed by atoms with Crippen LogP contribution >= 0.6 is 11.6 Å². The second kappa shape index (κ2) is 10.9. The summed E-state index contributed by atoms with van der Waals surface area (Å²) in [6.45, 7) is 7.25. The van der Waals surface area contributed by atoms with Gasteiger partial charge in [-0.15, -0.1) is 0 Å². The van der Waals surface area contributed by atoms with Crippen LogP contribution in [-0.2, 0) is 0 Å². The zero-order chi connectivity index (χ0) is 24.9. The third-order valence-electron chi connectivity index (χ3n) is 5.82. The molecule has 182 valence electrons. The van der Waals surface area contributed by atoms with Gasteiger partial charge in [-0.05, 0) is 50.6 Å². The van der Waals surface area contributed by atoms with Crippen molar-refractivity contribution in [1.82, 2.24) is 25.2 Å². The fraction of sp³-hybridized carbons (Fsp3) is 0.391. The summed E-state index contributed by atoms with van der Waals surface area (Å²) in [6, 6.07) is 4.84. The van der Waals surface area contributed by atoms with Crippen LogP contribution in [0.1, 0.15) is 37.0 Å². The van der Waals surface area contributed by atoms with Gasteiger partial charge in [-0.1, -0.05) is 30.7 Å². The van der Waals surface area contributed by atoms with Crippen LogP contribution in [-0.4, -0.2) is 57.8 Å². The van der Waals surface area contributed by atoms with Crippen LogP contribution < -0.4 is 5.32 Å². The minimum absolute atomic E-state index is 0.137. The molecule has 2 atom stereocenters. The lowest BCUT2D eigenvalue weighted by Gasteiger charge is -2.40. The highest BCUT2D eigenvalue weighted by Crippen LogP contribution is 2.30. The predicted octanol–water partition coefficient (Wildman–Crippen LogP) is 4.80. The van der Waals surface area contributed by atoms with Gasteiger partial charge in [0.2, 0.25) is 0 Å². The highest BCUT2D eigenvalue weighted by molar-refractivity contribution is 6.34. The minimum Gasteiger partial charge on any atom is -0.368 e. The molecule has 11 heteroatoms. The SMILES string of the molecule is C=N/C(=C\C=C(/C)C(F)(F)F)NCC1[C@H](C)CCCN1C(=O)c1c(Cl)cccc1-n1nccn1. The molecule has 7 nitrogen and oxygen atoms in total. The molecule has 34 heavy (non-hydrogen) atoms. The highest BCUT2D eigenvalue weighted by Gasteiger charge is 2.34. The van der Waals surface area contributed by atoms with Crippen LogP contribution in [0.25, 0.3) is 5.69 Å². The van der Waals surface area contributed by atoms with E-state index >= 15 is 0 Å². The Balaban J connectivity index is 1.85. The summed E-state index contributed by atoms with van der Waals surface area (Å²) in [5.41, 5.74) is 0.00567. The summed E-state index contributed by atoms with van der Waals surface area (Å²) < 4.78 is 38.3. The molecule has 0 bridgehead atoms. The molecule has 1 amide bonds. The lowest BCUT2D eigenvalue weighted by Crippen LogP contribution is -2.52. The maximum absolute atomic E-state index is 13.7. The number of rotatable bonds is 7. The van der Waals surface area contributed by atoms with Gasteiger partial charge >= 0.3 is 6.18 Å². The Hall–Kier alpha value is -3.14. The largest absolute Gasteiger partial charge is 0.412 e. The van der Waals surface area contributed by atoms with Crippen LogP contribution in [0.3, 0.4) is 0 Å². The zero-order valence-corrected chi connectivity index (χ0v) is 19.6. The zero-order valence-electron chi connectivity index (χ0n) is 18.9. The van der Waals surface area contributed by atoms with E-state index < -0.39 is 11.7 Å². The number of allylic oxidation sites excluding steroid dienone is 3. The van der Waals surface area contributed by atoms with E-state index in [0.717, 1.165) is 25.8 Å². The molecule has 3 rings (SSSR count). The first kappa shape index (κ1) is 25.5. The summed E-state index contributed by atoms with van der Waals surface area (Å²) in [7, 11) is 0. The van der Waals surface area contributed by atoms with Crippen molar-refractivity contribution in [3.05, 3.63) is 64.7 Å². The predicted molar refractivity (Wildman–Crippen MR) is 125 cm³/mol. The summed E-state index contributed by atoms with van der Waals surface area (Å²) >= 11 is 6.44. The van der Waals surface area contributed by atoms with E-state index in [-0.39, 0.29) is 35.3 Å². The second-order valence-electron chi connectivity index (χ2n) is 8.08. The fourth-order valence-electron chi connectivity index (χ4n) is 3.86. The standard InChI is InChI=1S/C23H26ClF3N6O/c1-15-6-5-13-32(19(15)14-29-20(28-3)10-9-16(2)23(25,26)27)22(34)21-17(24)7-4-8-18(21)33-30-11-12-31-33/h4,7-12,15,19,29H,3,5-6,13-14H2,1-2H3/b16-9+,20-10+/t15-,19?/m1/s1. The molecule has 1 fully saturated rings. The van der Waals surface area contributed by atoms with E-state index in [2.05, 4.69) is 27.2 Å². The maximum atomic E-state index is 13.7. The Labute approximate surface area is 201 Å². The van der Waals surface area contributed by atoms with E-state index in [1.165, 1.54) is 23.3 Å². The Bertz CT molecular complexity index is 1080. The number of nitrogens with one attached hydrogen (secondary N) is 1. The van der Waals surface area contributed by atoms with Crippen LogP contribution in [0.2, 0.25) is 5.02 Å². The molecular weight excluding hydrogens is 469 g/mol. The van der Waals surface area contributed by atoms with Crippen molar-refractivity contribution in [1.29, 1.82) is 0 Å². The van der Waals surface area contributed by atoms with Gasteiger partial charge in [0.15, 0.2) is 0 Å². The summed E-state index contributed by atoms with van der Waals surface area (Å²) in [5, 5.41) is 11.6. The number of likely N-dealkylation sites (tertiary alicyclic amines) is 1. The first-order valence-electron chi connectivity index (χ1n) is 10.8. The number of aliphatic imine (C=N–C) groups is 1. The molecule has 1 aliphatic heterocycles. The first-order valence-corrected chi connectivity index (χ1v) is 11.1. The van der Waals surface area contributed by atoms with E-state index in [4.69, 9.17) is 11.6 Å². The number of alkyl halides is 3. The molecular formula is C23H26ClF3N6O. The van der Waals surface area contributed by atoms with Gasteiger partial charge in [-0.2, -0.15) is 28.2 Å². The van der Waals surface area contributed by atoms with Crippen molar-refractivity contribution >= 4 is 24.2 Å². The minimum atomic E-state index is -4.42. The van der Waals surface area contributed by atoms with E-state index in [0.29, 0.717) is 17.8 Å². The van der Waals surface area contributed by atoms with Gasteiger partial charge in [-0.25, -0.2) is 4.99 Å². The average Bonchev–Trinajstić information content (AvgIpc) is 3.33. The van der Waals surface area contributed by atoms with Gasteiger partial charge in [0, 0.05) is 18.7 Å². The number of carbonyl (C=O) groups excluding carboxylic acids is 1. The molecule has 2 aromatic rings. The van der Waals surface area contributed by atoms with Crippen molar-refractivity contribution in [2.45, 2.75) is 38.9 Å². The van der Waals surface area contributed by atoms with E-state index in [1.54, 1.807) is 23.1 Å². The van der Waals surface area contributed by atoms with Gasteiger partial charge in [0.05, 0.1) is 34.7 Å². The van der Waals surface area contributed by atoms with E-state index in [9.17, 15) is 18.0 Å². The topological polar surface area (TPSA) is 75.4 Å². The number of nitrogens with zero attached hydrogens (tertiary/aromatic N) is 5. The van der Waals surface area contributed by atoms with Gasteiger partial charge in [0.1, 0.15) is 5.82 Å². The summed E-state index contributed by atoms with van der Waals surface area (Å²) in [6.07, 6.45) is 2.49. The number of aromatic nitrogens is 3. The maximum Gasteiger partial charge on any atom is 0.412 e. The molecule has 1 saturated heterocycles. The molecule has 1 aromatic carbocycles. The van der Waals surface area contributed by atoms with Crippen molar-refractivity contribution in [2.75, 3.05) is 13.1 Å².